The molecule has 2 rings (SSSR count). The molecular formula is C15H17F2N3O3. The first kappa shape index (κ1) is 17.0. The average Bonchev–Trinajstić information content (AvgIpc) is 2.75. The molecule has 0 aliphatic carbocycles. The fraction of sp³-hybridized carbons (Fsp3) is 0.400. The molecule has 0 saturated heterocycles. The van der Waals surface area contributed by atoms with E-state index in [0.717, 1.165) is 10.5 Å². The first-order chi connectivity index (χ1) is 10.7. The van der Waals surface area contributed by atoms with E-state index < -0.39 is 42.8 Å². The van der Waals surface area contributed by atoms with Crippen LogP contribution in [0.25, 0.3) is 0 Å². The number of imide groups is 1. The van der Waals surface area contributed by atoms with E-state index in [0.29, 0.717) is 0 Å². The van der Waals surface area contributed by atoms with Gasteiger partial charge in [-0.3, -0.25) is 19.3 Å². The standard InChI is InChI=1S/C15H17F2N3O3/c1-8-3-4-10-11(5-8)14(23)20(13(10)22)9(2)12(21)19-7-15(16,17)6-18/h3-5,9H,6-7,18H2,1-2H3,(H,19,21). The Labute approximate surface area is 131 Å². The van der Waals surface area contributed by atoms with Gasteiger partial charge in [-0.05, 0) is 26.0 Å². The molecule has 1 aliphatic heterocycles. The molecule has 124 valence electrons. The van der Waals surface area contributed by atoms with Crippen LogP contribution in [0.1, 0.15) is 33.2 Å². The highest BCUT2D eigenvalue weighted by Gasteiger charge is 2.41. The number of nitrogens with two attached hydrogens (primary N) is 1. The molecule has 1 heterocycles. The summed E-state index contributed by atoms with van der Waals surface area (Å²) in [5.74, 6) is -5.31. The molecule has 1 aromatic rings. The lowest BCUT2D eigenvalue weighted by Crippen LogP contribution is -2.51. The Bertz CT molecular complexity index is 676. The molecule has 0 aromatic heterocycles. The van der Waals surface area contributed by atoms with Crippen LogP contribution in [0.5, 0.6) is 0 Å². The van der Waals surface area contributed by atoms with Gasteiger partial charge in [0.15, 0.2) is 0 Å². The van der Waals surface area contributed by atoms with Crippen LogP contribution in [-0.2, 0) is 4.79 Å². The minimum atomic E-state index is -3.24. The van der Waals surface area contributed by atoms with E-state index in [-0.39, 0.29) is 11.1 Å². The molecule has 1 aromatic carbocycles. The molecule has 6 nitrogen and oxygen atoms in total. The molecule has 3 N–H and O–H groups in total. The summed E-state index contributed by atoms with van der Waals surface area (Å²) in [5.41, 5.74) is 6.10. The van der Waals surface area contributed by atoms with Gasteiger partial charge >= 0.3 is 0 Å². The van der Waals surface area contributed by atoms with Crippen molar-refractivity contribution in [1.29, 1.82) is 0 Å². The fourth-order valence-corrected chi connectivity index (χ4v) is 2.28. The highest BCUT2D eigenvalue weighted by molar-refractivity contribution is 6.22. The molecule has 1 atom stereocenters. The maximum Gasteiger partial charge on any atom is 0.277 e. The third-order valence-electron chi connectivity index (χ3n) is 3.66. The zero-order valence-corrected chi connectivity index (χ0v) is 12.7. The summed E-state index contributed by atoms with van der Waals surface area (Å²) >= 11 is 0. The summed E-state index contributed by atoms with van der Waals surface area (Å²) in [6, 6.07) is 3.55. The van der Waals surface area contributed by atoms with Crippen LogP contribution in [0.15, 0.2) is 18.2 Å². The summed E-state index contributed by atoms with van der Waals surface area (Å²) in [4.78, 5) is 37.3. The number of fused-ring (bicyclic) bond motifs is 1. The molecule has 0 fully saturated rings. The largest absolute Gasteiger partial charge is 0.348 e. The molecular weight excluding hydrogens is 308 g/mol. The normalized spacial score (nSPS) is 15.6. The molecule has 1 unspecified atom stereocenters. The van der Waals surface area contributed by atoms with Gasteiger partial charge < -0.3 is 11.1 Å². The molecule has 0 bridgehead atoms. The van der Waals surface area contributed by atoms with Crippen molar-refractivity contribution in [2.45, 2.75) is 25.8 Å². The summed E-state index contributed by atoms with van der Waals surface area (Å²) in [7, 11) is 0. The summed E-state index contributed by atoms with van der Waals surface area (Å²) < 4.78 is 26.2. The summed E-state index contributed by atoms with van der Waals surface area (Å²) in [6.45, 7) is 1.22. The minimum Gasteiger partial charge on any atom is -0.348 e. The Hall–Kier alpha value is -2.35. The number of hydrogen-bond acceptors (Lipinski definition) is 4. The van der Waals surface area contributed by atoms with Crippen LogP contribution in [0.2, 0.25) is 0 Å². The number of halogens is 2. The Morgan fingerprint density at radius 3 is 2.52 bits per heavy atom. The second-order valence-electron chi connectivity index (χ2n) is 5.48. The van der Waals surface area contributed by atoms with Crippen molar-refractivity contribution in [2.24, 2.45) is 5.73 Å². The lowest BCUT2D eigenvalue weighted by molar-refractivity contribution is -0.126. The number of hydrogen-bond donors (Lipinski definition) is 2. The number of benzene rings is 1. The first-order valence-electron chi connectivity index (χ1n) is 7.02. The maximum atomic E-state index is 13.1. The number of carbonyl (C=O) groups is 3. The van der Waals surface area contributed by atoms with Crippen LogP contribution in [-0.4, -0.2) is 47.7 Å². The number of nitrogens with one attached hydrogen (secondary N) is 1. The quantitative estimate of drug-likeness (QED) is 0.779. The van der Waals surface area contributed by atoms with Gasteiger partial charge in [0.2, 0.25) is 5.91 Å². The van der Waals surface area contributed by atoms with E-state index in [4.69, 9.17) is 5.73 Å². The van der Waals surface area contributed by atoms with Crippen molar-refractivity contribution in [1.82, 2.24) is 10.2 Å². The first-order valence-corrected chi connectivity index (χ1v) is 7.02. The van der Waals surface area contributed by atoms with Crippen LogP contribution < -0.4 is 11.1 Å². The second kappa shape index (κ2) is 6.04. The van der Waals surface area contributed by atoms with Crippen LogP contribution in [0.4, 0.5) is 8.78 Å². The van der Waals surface area contributed by atoms with E-state index in [1.54, 1.807) is 19.1 Å². The second-order valence-corrected chi connectivity index (χ2v) is 5.48. The SMILES string of the molecule is Cc1ccc2c(c1)C(=O)N(C(C)C(=O)NCC(F)(F)CN)C2=O. The highest BCUT2D eigenvalue weighted by atomic mass is 19.3. The Morgan fingerprint density at radius 1 is 1.30 bits per heavy atom. The fourth-order valence-electron chi connectivity index (χ4n) is 2.28. The van der Waals surface area contributed by atoms with Gasteiger partial charge in [-0.1, -0.05) is 11.6 Å². The van der Waals surface area contributed by atoms with Crippen LogP contribution in [0, 0.1) is 6.92 Å². The van der Waals surface area contributed by atoms with E-state index in [9.17, 15) is 23.2 Å². The number of rotatable bonds is 5. The zero-order chi connectivity index (χ0) is 17.4. The third kappa shape index (κ3) is 3.21. The number of amides is 3. The van der Waals surface area contributed by atoms with Gasteiger partial charge in [0, 0.05) is 0 Å². The number of carbonyl (C=O) groups excluding carboxylic acids is 3. The van der Waals surface area contributed by atoms with Gasteiger partial charge in [-0.25, -0.2) is 8.78 Å². The van der Waals surface area contributed by atoms with Gasteiger partial charge in [0.25, 0.3) is 17.7 Å². The van der Waals surface area contributed by atoms with Crippen LogP contribution in [0.3, 0.4) is 0 Å². The maximum absolute atomic E-state index is 13.1. The average molecular weight is 325 g/mol. The van der Waals surface area contributed by atoms with Crippen molar-refractivity contribution >= 4 is 17.7 Å². The predicted octanol–water partition coefficient (Wildman–Crippen LogP) is 0.690. The predicted molar refractivity (Wildman–Crippen MR) is 78.2 cm³/mol. The topological polar surface area (TPSA) is 92.5 Å². The lowest BCUT2D eigenvalue weighted by atomic mass is 10.1. The van der Waals surface area contributed by atoms with E-state index >= 15 is 0 Å². The van der Waals surface area contributed by atoms with Gasteiger partial charge in [0.05, 0.1) is 24.2 Å². The third-order valence-corrected chi connectivity index (χ3v) is 3.66. The van der Waals surface area contributed by atoms with Crippen molar-refractivity contribution in [2.75, 3.05) is 13.1 Å². The number of nitrogens with zero attached hydrogens (tertiary/aromatic N) is 1. The van der Waals surface area contributed by atoms with Gasteiger partial charge in [-0.15, -0.1) is 0 Å². The van der Waals surface area contributed by atoms with E-state index in [1.165, 1.54) is 13.0 Å². The Balaban J connectivity index is 2.15. The molecule has 0 radical (unpaired) electrons. The number of alkyl halides is 2. The van der Waals surface area contributed by atoms with Crippen molar-refractivity contribution < 1.29 is 23.2 Å². The molecule has 0 saturated carbocycles. The van der Waals surface area contributed by atoms with Gasteiger partial charge in [0.1, 0.15) is 6.04 Å². The van der Waals surface area contributed by atoms with Crippen molar-refractivity contribution in [3.63, 3.8) is 0 Å². The lowest BCUT2D eigenvalue weighted by Gasteiger charge is -2.23. The minimum absolute atomic E-state index is 0.201. The monoisotopic (exact) mass is 325 g/mol. The molecule has 8 heteroatoms. The molecule has 0 spiro atoms. The molecule has 23 heavy (non-hydrogen) atoms. The highest BCUT2D eigenvalue weighted by Crippen LogP contribution is 2.25. The Kier molecular flexibility index (Phi) is 4.46. The van der Waals surface area contributed by atoms with Crippen molar-refractivity contribution in [3.05, 3.63) is 34.9 Å². The summed E-state index contributed by atoms with van der Waals surface area (Å²) in [5, 5.41) is 2.01. The zero-order valence-electron chi connectivity index (χ0n) is 12.7. The number of aryl methyl sites for hydroxylation is 1. The van der Waals surface area contributed by atoms with E-state index in [1.807, 2.05) is 5.32 Å². The van der Waals surface area contributed by atoms with Crippen LogP contribution >= 0.6 is 0 Å². The molecule has 3 amide bonds. The Morgan fingerprint density at radius 2 is 1.91 bits per heavy atom. The van der Waals surface area contributed by atoms with Gasteiger partial charge in [-0.2, -0.15) is 0 Å². The van der Waals surface area contributed by atoms with Crippen molar-refractivity contribution in [3.8, 4) is 0 Å². The molecule has 1 aliphatic rings. The summed E-state index contributed by atoms with van der Waals surface area (Å²) in [6.07, 6.45) is 0. The van der Waals surface area contributed by atoms with E-state index in [2.05, 4.69) is 0 Å². The smallest absolute Gasteiger partial charge is 0.277 e.